The summed E-state index contributed by atoms with van der Waals surface area (Å²) < 4.78 is 7.69. The predicted octanol–water partition coefficient (Wildman–Crippen LogP) is 3.66. The van der Waals surface area contributed by atoms with Crippen molar-refractivity contribution >= 4 is 22.5 Å². The van der Waals surface area contributed by atoms with Gasteiger partial charge in [0, 0.05) is 35.5 Å². The second-order valence-electron chi connectivity index (χ2n) is 5.41. The minimum absolute atomic E-state index is 0.480. The maximum atomic E-state index is 5.67. The normalized spacial score (nSPS) is 13.5. The Morgan fingerprint density at radius 2 is 2.18 bits per heavy atom. The number of hydrogen-bond donors (Lipinski definition) is 0. The van der Waals surface area contributed by atoms with Gasteiger partial charge in [-0.2, -0.15) is 5.10 Å². The van der Waals surface area contributed by atoms with Gasteiger partial charge in [0.05, 0.1) is 17.6 Å². The number of halogens is 1. The third kappa shape index (κ3) is 2.24. The molecule has 3 heterocycles. The van der Waals surface area contributed by atoms with Crippen LogP contribution in [0.3, 0.4) is 0 Å². The minimum Gasteiger partial charge on any atom is -0.492 e. The molecule has 0 unspecified atom stereocenters. The molecule has 1 aliphatic heterocycles. The quantitative estimate of drug-likeness (QED) is 0.690. The molecule has 1 aromatic carbocycles. The Morgan fingerprint density at radius 3 is 3.09 bits per heavy atom. The summed E-state index contributed by atoms with van der Waals surface area (Å²) in [6.45, 7) is 1.53. The number of pyridine rings is 1. The van der Waals surface area contributed by atoms with Crippen molar-refractivity contribution in [3.63, 3.8) is 0 Å². The highest BCUT2D eigenvalue weighted by atomic mass is 35.5. The minimum atomic E-state index is 0.480. The van der Waals surface area contributed by atoms with E-state index in [9.17, 15) is 0 Å². The SMILES string of the molecule is ClCCOc1ccc2c(-c3cnn4c3CCC4)ccnc2c1. The van der Waals surface area contributed by atoms with Crippen LogP contribution in [0.5, 0.6) is 5.75 Å². The topological polar surface area (TPSA) is 39.9 Å². The second-order valence-corrected chi connectivity index (χ2v) is 5.78. The number of fused-ring (bicyclic) bond motifs is 2. The number of aromatic nitrogens is 3. The summed E-state index contributed by atoms with van der Waals surface area (Å²) in [4.78, 5) is 4.47. The molecular weight excluding hydrogens is 298 g/mol. The van der Waals surface area contributed by atoms with E-state index in [0.717, 1.165) is 29.6 Å². The first kappa shape index (κ1) is 13.6. The highest BCUT2D eigenvalue weighted by Gasteiger charge is 2.18. The van der Waals surface area contributed by atoms with Gasteiger partial charge in [0.1, 0.15) is 12.4 Å². The Balaban J connectivity index is 1.81. The van der Waals surface area contributed by atoms with Crippen LogP contribution >= 0.6 is 11.6 Å². The van der Waals surface area contributed by atoms with E-state index < -0.39 is 0 Å². The molecule has 0 aliphatic carbocycles. The number of benzene rings is 1. The van der Waals surface area contributed by atoms with E-state index in [1.807, 2.05) is 24.5 Å². The molecule has 4 nitrogen and oxygen atoms in total. The van der Waals surface area contributed by atoms with Gasteiger partial charge in [-0.05, 0) is 36.6 Å². The molecule has 4 rings (SSSR count). The molecular formula is C17H16ClN3O. The average molecular weight is 314 g/mol. The van der Waals surface area contributed by atoms with E-state index in [-0.39, 0.29) is 0 Å². The molecule has 112 valence electrons. The lowest BCUT2D eigenvalue weighted by atomic mass is 10.0. The van der Waals surface area contributed by atoms with Gasteiger partial charge in [0.15, 0.2) is 0 Å². The lowest BCUT2D eigenvalue weighted by Gasteiger charge is -2.08. The lowest BCUT2D eigenvalue weighted by Crippen LogP contribution is -1.98. The first-order valence-corrected chi connectivity index (χ1v) is 8.03. The lowest BCUT2D eigenvalue weighted by molar-refractivity contribution is 0.343. The largest absolute Gasteiger partial charge is 0.492 e. The molecule has 0 atom stereocenters. The van der Waals surface area contributed by atoms with Gasteiger partial charge in [0.25, 0.3) is 0 Å². The van der Waals surface area contributed by atoms with E-state index >= 15 is 0 Å². The third-order valence-electron chi connectivity index (χ3n) is 4.08. The molecule has 22 heavy (non-hydrogen) atoms. The third-order valence-corrected chi connectivity index (χ3v) is 4.24. The summed E-state index contributed by atoms with van der Waals surface area (Å²) >= 11 is 5.67. The molecule has 1 aliphatic rings. The highest BCUT2D eigenvalue weighted by molar-refractivity contribution is 6.18. The molecule has 0 radical (unpaired) electrons. The van der Waals surface area contributed by atoms with Gasteiger partial charge in [-0.25, -0.2) is 0 Å². The number of nitrogens with zero attached hydrogens (tertiary/aromatic N) is 3. The van der Waals surface area contributed by atoms with Crippen molar-refractivity contribution < 1.29 is 4.74 Å². The average Bonchev–Trinajstić information content (AvgIpc) is 3.15. The summed E-state index contributed by atoms with van der Waals surface area (Å²) in [6, 6.07) is 8.08. The smallest absolute Gasteiger partial charge is 0.121 e. The predicted molar refractivity (Wildman–Crippen MR) is 87.5 cm³/mol. The molecule has 0 fully saturated rings. The van der Waals surface area contributed by atoms with Gasteiger partial charge >= 0.3 is 0 Å². The Labute approximate surface area is 133 Å². The van der Waals surface area contributed by atoms with Crippen molar-refractivity contribution in [2.24, 2.45) is 0 Å². The van der Waals surface area contributed by atoms with Crippen LogP contribution in [0.2, 0.25) is 0 Å². The number of aryl methyl sites for hydroxylation is 1. The van der Waals surface area contributed by atoms with Gasteiger partial charge in [-0.15, -0.1) is 11.6 Å². The van der Waals surface area contributed by atoms with Crippen molar-refractivity contribution in [3.05, 3.63) is 42.4 Å². The van der Waals surface area contributed by atoms with E-state index in [2.05, 4.69) is 26.9 Å². The molecule has 3 aromatic rings. The van der Waals surface area contributed by atoms with Crippen LogP contribution < -0.4 is 4.74 Å². The Bertz CT molecular complexity index is 828. The zero-order chi connectivity index (χ0) is 14.9. The Morgan fingerprint density at radius 1 is 1.23 bits per heavy atom. The number of alkyl halides is 1. The number of hydrogen-bond acceptors (Lipinski definition) is 3. The fourth-order valence-electron chi connectivity index (χ4n) is 3.10. The van der Waals surface area contributed by atoms with E-state index in [4.69, 9.17) is 16.3 Å². The molecule has 0 spiro atoms. The van der Waals surface area contributed by atoms with Crippen molar-refractivity contribution in [2.75, 3.05) is 12.5 Å². The van der Waals surface area contributed by atoms with E-state index in [1.54, 1.807) is 0 Å². The monoisotopic (exact) mass is 313 g/mol. The van der Waals surface area contributed by atoms with Crippen molar-refractivity contribution in [1.82, 2.24) is 14.8 Å². The second kappa shape index (κ2) is 5.61. The fourth-order valence-corrected chi connectivity index (χ4v) is 3.17. The van der Waals surface area contributed by atoms with Crippen molar-refractivity contribution in [3.8, 4) is 16.9 Å². The van der Waals surface area contributed by atoms with Gasteiger partial charge < -0.3 is 4.74 Å². The molecule has 0 bridgehead atoms. The van der Waals surface area contributed by atoms with Crippen molar-refractivity contribution in [1.29, 1.82) is 0 Å². The van der Waals surface area contributed by atoms with E-state index in [1.165, 1.54) is 23.2 Å². The summed E-state index contributed by atoms with van der Waals surface area (Å²) in [7, 11) is 0. The van der Waals surface area contributed by atoms with Crippen molar-refractivity contribution in [2.45, 2.75) is 19.4 Å². The van der Waals surface area contributed by atoms with Crippen LogP contribution in [0.4, 0.5) is 0 Å². The Kier molecular flexibility index (Phi) is 3.47. The van der Waals surface area contributed by atoms with Crippen LogP contribution in [-0.4, -0.2) is 27.3 Å². The Hall–Kier alpha value is -2.07. The maximum Gasteiger partial charge on any atom is 0.121 e. The molecule has 0 saturated heterocycles. The van der Waals surface area contributed by atoms with E-state index in [0.29, 0.717) is 12.5 Å². The summed E-state index contributed by atoms with van der Waals surface area (Å²) in [5, 5.41) is 5.62. The first-order valence-electron chi connectivity index (χ1n) is 7.49. The molecule has 0 amide bonds. The van der Waals surface area contributed by atoms with Crippen LogP contribution in [0.25, 0.3) is 22.0 Å². The number of rotatable bonds is 4. The van der Waals surface area contributed by atoms with Crippen LogP contribution in [-0.2, 0) is 13.0 Å². The molecule has 0 N–H and O–H groups in total. The fraction of sp³-hybridized carbons (Fsp3) is 0.294. The zero-order valence-electron chi connectivity index (χ0n) is 12.1. The van der Waals surface area contributed by atoms with Crippen LogP contribution in [0, 0.1) is 0 Å². The molecule has 2 aromatic heterocycles. The van der Waals surface area contributed by atoms with Crippen LogP contribution in [0.15, 0.2) is 36.7 Å². The summed E-state index contributed by atoms with van der Waals surface area (Å²) in [5.74, 6) is 1.28. The zero-order valence-corrected chi connectivity index (χ0v) is 12.9. The molecule has 0 saturated carbocycles. The number of ether oxygens (including phenoxy) is 1. The van der Waals surface area contributed by atoms with Gasteiger partial charge in [-0.3, -0.25) is 9.67 Å². The van der Waals surface area contributed by atoms with Gasteiger partial charge in [-0.1, -0.05) is 0 Å². The summed E-state index contributed by atoms with van der Waals surface area (Å²) in [5.41, 5.74) is 4.67. The summed E-state index contributed by atoms with van der Waals surface area (Å²) in [6.07, 6.45) is 6.09. The van der Waals surface area contributed by atoms with Gasteiger partial charge in [0.2, 0.25) is 0 Å². The highest BCUT2D eigenvalue weighted by Crippen LogP contribution is 2.33. The maximum absolute atomic E-state index is 5.67. The standard InChI is InChI=1S/C17H16ClN3O/c18-6-9-22-12-3-4-14-13(5-7-19-16(14)10-12)15-11-20-21-8-1-2-17(15)21/h3-5,7,10-11H,1-2,6,8-9H2. The van der Waals surface area contributed by atoms with Crippen LogP contribution in [0.1, 0.15) is 12.1 Å². The molecule has 5 heteroatoms. The first-order chi connectivity index (χ1) is 10.9.